The minimum absolute atomic E-state index is 0.144. The van der Waals surface area contributed by atoms with Crippen molar-refractivity contribution in [2.45, 2.75) is 58.8 Å². The number of nitrogens with zero attached hydrogens (tertiary/aromatic N) is 2. The number of aromatic amines is 2. The van der Waals surface area contributed by atoms with E-state index in [4.69, 9.17) is 9.47 Å². The lowest BCUT2D eigenvalue weighted by Gasteiger charge is -2.17. The van der Waals surface area contributed by atoms with Crippen molar-refractivity contribution in [1.82, 2.24) is 19.9 Å². The van der Waals surface area contributed by atoms with Crippen LogP contribution in [-0.2, 0) is 14.9 Å². The second kappa shape index (κ2) is 11.4. The summed E-state index contributed by atoms with van der Waals surface area (Å²) in [6, 6.07) is 9.40. The molecule has 0 spiro atoms. The first-order valence-electron chi connectivity index (χ1n) is 11.5. The summed E-state index contributed by atoms with van der Waals surface area (Å²) in [5.74, 6) is -0.187. The Balaban J connectivity index is 1.97. The second-order valence-corrected chi connectivity index (χ2v) is 9.02. The molecule has 1 aromatic carbocycles. The van der Waals surface area contributed by atoms with Crippen LogP contribution in [0.4, 0.5) is 0 Å². The Kier molecular flexibility index (Phi) is 8.40. The Hall–Kier alpha value is -3.68. The van der Waals surface area contributed by atoms with Gasteiger partial charge in [0.1, 0.15) is 10.7 Å². The maximum atomic E-state index is 12.8. The number of unbranched alkanes of at least 4 members (excludes halogenated alkanes) is 2. The predicted octanol–water partition coefficient (Wildman–Crippen LogP) is 2.91. The summed E-state index contributed by atoms with van der Waals surface area (Å²) >= 11 is 0. The number of carbonyl (C=O) groups is 1. The van der Waals surface area contributed by atoms with Crippen molar-refractivity contribution in [3.8, 4) is 5.88 Å². The average molecular weight is 465 g/mol. The Bertz CT molecular complexity index is 1270. The molecule has 0 radical (unpaired) electrons. The summed E-state index contributed by atoms with van der Waals surface area (Å²) in [7, 11) is 0. The number of H-pyrrole nitrogens is 2. The van der Waals surface area contributed by atoms with Gasteiger partial charge in [-0.25, -0.2) is 9.97 Å². The molecular weight excluding hydrogens is 432 g/mol. The lowest BCUT2D eigenvalue weighted by Crippen LogP contribution is -2.38. The van der Waals surface area contributed by atoms with Crippen LogP contribution < -0.4 is 21.0 Å². The van der Waals surface area contributed by atoms with Crippen LogP contribution in [0.15, 0.2) is 41.5 Å². The number of ether oxygens (including phenoxy) is 2. The number of hydrogen-bond acceptors (Lipinski definition) is 6. The van der Waals surface area contributed by atoms with Gasteiger partial charge in [-0.15, -0.1) is 0 Å². The SMILES string of the molecule is CCCCCC(=O)OCOc1n/c(=C\c2ccccc2)c(=O)[nH]/c1=C\c1nc[nH]c1C(C)(C)C. The molecule has 0 amide bonds. The van der Waals surface area contributed by atoms with Gasteiger partial charge in [-0.3, -0.25) is 9.59 Å². The second-order valence-electron chi connectivity index (χ2n) is 9.02. The van der Waals surface area contributed by atoms with Crippen molar-refractivity contribution < 1.29 is 14.3 Å². The van der Waals surface area contributed by atoms with Gasteiger partial charge in [0.25, 0.3) is 5.56 Å². The van der Waals surface area contributed by atoms with Crippen molar-refractivity contribution >= 4 is 18.1 Å². The van der Waals surface area contributed by atoms with E-state index >= 15 is 0 Å². The fourth-order valence-corrected chi connectivity index (χ4v) is 3.37. The van der Waals surface area contributed by atoms with Gasteiger partial charge in [0.05, 0.1) is 12.0 Å². The fourth-order valence-electron chi connectivity index (χ4n) is 3.37. The van der Waals surface area contributed by atoms with Crippen LogP contribution in [0.5, 0.6) is 5.88 Å². The van der Waals surface area contributed by atoms with Crippen LogP contribution >= 0.6 is 0 Å². The minimum atomic E-state index is -0.369. The normalized spacial score (nSPS) is 12.7. The summed E-state index contributed by atoms with van der Waals surface area (Å²) < 4.78 is 10.9. The molecule has 0 atom stereocenters. The number of aromatic nitrogens is 4. The molecule has 3 rings (SSSR count). The number of esters is 1. The molecule has 0 saturated carbocycles. The summed E-state index contributed by atoms with van der Waals surface area (Å²) in [4.78, 5) is 39.6. The molecule has 2 N–H and O–H groups in total. The van der Waals surface area contributed by atoms with Crippen LogP contribution in [0.1, 0.15) is 70.3 Å². The lowest BCUT2D eigenvalue weighted by molar-refractivity contribution is -0.150. The topological polar surface area (TPSA) is 110 Å². The molecule has 0 bridgehead atoms. The van der Waals surface area contributed by atoms with E-state index in [9.17, 15) is 9.59 Å². The summed E-state index contributed by atoms with van der Waals surface area (Å²) in [5, 5.41) is 0.528. The fraction of sp³-hybridized carbons (Fsp3) is 0.385. The maximum absolute atomic E-state index is 12.8. The number of rotatable bonds is 9. The van der Waals surface area contributed by atoms with E-state index < -0.39 is 0 Å². The summed E-state index contributed by atoms with van der Waals surface area (Å²) in [6.07, 6.45) is 8.08. The van der Waals surface area contributed by atoms with E-state index in [2.05, 4.69) is 47.6 Å². The molecule has 34 heavy (non-hydrogen) atoms. The molecule has 0 unspecified atom stereocenters. The van der Waals surface area contributed by atoms with Crippen molar-refractivity contribution in [1.29, 1.82) is 0 Å². The van der Waals surface area contributed by atoms with Gasteiger partial charge < -0.3 is 19.4 Å². The third-order valence-corrected chi connectivity index (χ3v) is 5.14. The van der Waals surface area contributed by atoms with Crippen LogP contribution in [-0.4, -0.2) is 32.7 Å². The van der Waals surface area contributed by atoms with E-state index in [1.807, 2.05) is 30.3 Å². The molecular formula is C26H32N4O4. The standard InChI is InChI=1S/C26H32N4O4/c1-5-6-8-13-22(31)33-17-34-25-21(15-19-23(26(2,3)4)28-16-27-19)29-24(32)20(30-25)14-18-11-9-7-10-12-18/h7,9-12,14-16H,5-6,8,13,17H2,1-4H3,(H,27,28)(H,29,32)/b20-14-,21-15-. The molecule has 3 aromatic rings. The Morgan fingerprint density at radius 2 is 1.88 bits per heavy atom. The molecule has 0 aliphatic carbocycles. The maximum Gasteiger partial charge on any atom is 0.308 e. The van der Waals surface area contributed by atoms with Crippen molar-refractivity contribution in [2.24, 2.45) is 0 Å². The Labute approximate surface area is 198 Å². The van der Waals surface area contributed by atoms with Crippen molar-refractivity contribution in [2.75, 3.05) is 6.79 Å². The molecule has 2 aromatic heterocycles. The Morgan fingerprint density at radius 1 is 1.12 bits per heavy atom. The van der Waals surface area contributed by atoms with Gasteiger partial charge in [-0.1, -0.05) is 70.9 Å². The first kappa shape index (κ1) is 25.0. The molecule has 2 heterocycles. The monoisotopic (exact) mass is 464 g/mol. The van der Waals surface area contributed by atoms with Crippen molar-refractivity contribution in [3.63, 3.8) is 0 Å². The van der Waals surface area contributed by atoms with Gasteiger partial charge in [0.15, 0.2) is 0 Å². The highest BCUT2D eigenvalue weighted by molar-refractivity contribution is 5.69. The van der Waals surface area contributed by atoms with E-state index in [0.717, 1.165) is 30.5 Å². The molecule has 0 aliphatic heterocycles. The highest BCUT2D eigenvalue weighted by Crippen LogP contribution is 2.23. The van der Waals surface area contributed by atoms with E-state index in [-0.39, 0.29) is 35.0 Å². The molecule has 0 fully saturated rings. The van der Waals surface area contributed by atoms with Crippen molar-refractivity contribution in [3.05, 3.63) is 74.7 Å². The molecule has 0 aliphatic rings. The largest absolute Gasteiger partial charge is 0.438 e. The smallest absolute Gasteiger partial charge is 0.308 e. The quantitative estimate of drug-likeness (QED) is 0.286. The summed E-state index contributed by atoms with van der Waals surface area (Å²) in [6.45, 7) is 7.95. The van der Waals surface area contributed by atoms with Crippen LogP contribution in [0, 0.1) is 0 Å². The first-order valence-corrected chi connectivity index (χ1v) is 11.5. The van der Waals surface area contributed by atoms with Gasteiger partial charge in [-0.05, 0) is 24.1 Å². The highest BCUT2D eigenvalue weighted by atomic mass is 16.7. The molecule has 8 heteroatoms. The zero-order valence-corrected chi connectivity index (χ0v) is 20.2. The van der Waals surface area contributed by atoms with E-state index in [0.29, 0.717) is 17.5 Å². The van der Waals surface area contributed by atoms with Crippen LogP contribution in [0.25, 0.3) is 12.2 Å². The Morgan fingerprint density at radius 3 is 2.59 bits per heavy atom. The molecule has 8 nitrogen and oxygen atoms in total. The number of imidazole rings is 1. The zero-order valence-electron chi connectivity index (χ0n) is 20.2. The highest BCUT2D eigenvalue weighted by Gasteiger charge is 2.19. The number of nitrogens with one attached hydrogen (secondary N) is 2. The van der Waals surface area contributed by atoms with Gasteiger partial charge in [-0.2, -0.15) is 0 Å². The minimum Gasteiger partial charge on any atom is -0.438 e. The summed E-state index contributed by atoms with van der Waals surface area (Å²) in [5.41, 5.74) is 1.83. The predicted molar refractivity (Wildman–Crippen MR) is 131 cm³/mol. The van der Waals surface area contributed by atoms with Gasteiger partial charge in [0, 0.05) is 17.5 Å². The van der Waals surface area contributed by atoms with E-state index in [1.165, 1.54) is 0 Å². The third-order valence-electron chi connectivity index (χ3n) is 5.14. The van der Waals surface area contributed by atoms with E-state index in [1.54, 1.807) is 18.5 Å². The average Bonchev–Trinajstić information content (AvgIpc) is 3.26. The van der Waals surface area contributed by atoms with Crippen LogP contribution in [0.3, 0.4) is 0 Å². The first-order chi connectivity index (χ1) is 16.3. The lowest BCUT2D eigenvalue weighted by atomic mass is 9.90. The van der Waals surface area contributed by atoms with Gasteiger partial charge in [0.2, 0.25) is 12.7 Å². The molecule has 180 valence electrons. The molecule has 0 saturated heterocycles. The van der Waals surface area contributed by atoms with Gasteiger partial charge >= 0.3 is 5.97 Å². The number of carbonyl (C=O) groups excluding carboxylic acids is 1. The number of hydrogen-bond donors (Lipinski definition) is 2. The van der Waals surface area contributed by atoms with Crippen LogP contribution in [0.2, 0.25) is 0 Å². The third kappa shape index (κ3) is 6.91. The number of benzene rings is 1. The zero-order chi connectivity index (χ0) is 24.6.